The Hall–Kier alpha value is -2.42. The molecule has 0 saturated carbocycles. The Morgan fingerprint density at radius 3 is 2.69 bits per heavy atom. The number of esters is 1. The second-order valence-corrected chi connectivity index (χ2v) is 8.08. The van der Waals surface area contributed by atoms with E-state index in [0.717, 1.165) is 9.99 Å². The van der Waals surface area contributed by atoms with Gasteiger partial charge in [0.05, 0.1) is 13.0 Å². The fourth-order valence-electron chi connectivity index (χ4n) is 3.27. The molecule has 1 aliphatic heterocycles. The highest BCUT2D eigenvalue weighted by atomic mass is 127. The molecule has 3 rings (SSSR count). The summed E-state index contributed by atoms with van der Waals surface area (Å²) in [5, 5.41) is 2.73. The van der Waals surface area contributed by atoms with Crippen LogP contribution in [0.15, 0.2) is 54.6 Å². The molecule has 152 valence electrons. The number of hydrogen-bond acceptors (Lipinski definition) is 4. The predicted octanol–water partition coefficient (Wildman–Crippen LogP) is 2.80. The van der Waals surface area contributed by atoms with Crippen molar-refractivity contribution in [1.82, 2.24) is 10.2 Å². The van der Waals surface area contributed by atoms with E-state index in [1.165, 1.54) is 10.5 Å². The fourth-order valence-corrected chi connectivity index (χ4v) is 3.81. The van der Waals surface area contributed by atoms with Crippen LogP contribution in [0.5, 0.6) is 0 Å². The van der Waals surface area contributed by atoms with E-state index in [2.05, 4.69) is 27.9 Å². The minimum Gasteiger partial charge on any atom is -0.466 e. The molecule has 29 heavy (non-hydrogen) atoms. The number of carbonyl (C=O) groups is 3. The Balaban J connectivity index is 1.55. The van der Waals surface area contributed by atoms with Crippen molar-refractivity contribution in [2.45, 2.75) is 25.3 Å². The molecule has 1 aliphatic rings. The predicted molar refractivity (Wildman–Crippen MR) is 117 cm³/mol. The van der Waals surface area contributed by atoms with Gasteiger partial charge in [0.25, 0.3) is 5.91 Å². The van der Waals surface area contributed by atoms with E-state index in [4.69, 9.17) is 4.74 Å². The van der Waals surface area contributed by atoms with Crippen molar-refractivity contribution >= 4 is 40.4 Å². The number of ether oxygens (including phenoxy) is 1. The minimum absolute atomic E-state index is 0.146. The maximum absolute atomic E-state index is 12.9. The van der Waals surface area contributed by atoms with Gasteiger partial charge in [-0.15, -0.1) is 0 Å². The molecule has 2 amide bonds. The SMILES string of the molecule is O=C(CC1C(=O)NCCN1C(=O)c1cccc(I)c1)OCCCc1ccccc1. The van der Waals surface area contributed by atoms with E-state index in [0.29, 0.717) is 25.1 Å². The van der Waals surface area contributed by atoms with Gasteiger partial charge in [-0.05, 0) is 59.2 Å². The van der Waals surface area contributed by atoms with Crippen molar-refractivity contribution in [3.05, 3.63) is 69.3 Å². The molecule has 1 atom stereocenters. The summed E-state index contributed by atoms with van der Waals surface area (Å²) in [7, 11) is 0. The van der Waals surface area contributed by atoms with Gasteiger partial charge in [-0.25, -0.2) is 0 Å². The molecule has 0 radical (unpaired) electrons. The van der Waals surface area contributed by atoms with Crippen molar-refractivity contribution in [3.63, 3.8) is 0 Å². The van der Waals surface area contributed by atoms with E-state index in [1.807, 2.05) is 36.4 Å². The van der Waals surface area contributed by atoms with E-state index in [-0.39, 0.29) is 24.8 Å². The maximum atomic E-state index is 12.9. The molecule has 2 aromatic rings. The van der Waals surface area contributed by atoms with Crippen LogP contribution in [0.4, 0.5) is 0 Å². The zero-order valence-corrected chi connectivity index (χ0v) is 18.1. The summed E-state index contributed by atoms with van der Waals surface area (Å²) in [5.41, 5.74) is 1.69. The summed E-state index contributed by atoms with van der Waals surface area (Å²) >= 11 is 2.14. The zero-order chi connectivity index (χ0) is 20.6. The number of nitrogens with zero attached hydrogens (tertiary/aromatic N) is 1. The third-order valence-electron chi connectivity index (χ3n) is 4.74. The van der Waals surface area contributed by atoms with Crippen molar-refractivity contribution in [2.24, 2.45) is 0 Å². The molecule has 0 aliphatic carbocycles. The zero-order valence-electron chi connectivity index (χ0n) is 16.0. The van der Waals surface area contributed by atoms with Crippen molar-refractivity contribution in [3.8, 4) is 0 Å². The summed E-state index contributed by atoms with van der Waals surface area (Å²) in [6.45, 7) is 1.02. The smallest absolute Gasteiger partial charge is 0.308 e. The number of carbonyl (C=O) groups excluding carboxylic acids is 3. The van der Waals surface area contributed by atoms with Crippen LogP contribution < -0.4 is 5.32 Å². The number of hydrogen-bond donors (Lipinski definition) is 1. The van der Waals surface area contributed by atoms with E-state index < -0.39 is 12.0 Å². The minimum atomic E-state index is -0.851. The highest BCUT2D eigenvalue weighted by Crippen LogP contribution is 2.16. The Morgan fingerprint density at radius 2 is 1.93 bits per heavy atom. The lowest BCUT2D eigenvalue weighted by atomic mass is 10.1. The Morgan fingerprint density at radius 1 is 1.14 bits per heavy atom. The van der Waals surface area contributed by atoms with Crippen molar-refractivity contribution in [2.75, 3.05) is 19.7 Å². The molecule has 1 heterocycles. The van der Waals surface area contributed by atoms with Crippen LogP contribution in [0.2, 0.25) is 0 Å². The van der Waals surface area contributed by atoms with E-state index in [1.54, 1.807) is 18.2 Å². The second-order valence-electron chi connectivity index (χ2n) is 6.83. The Bertz CT molecular complexity index is 872. The maximum Gasteiger partial charge on any atom is 0.308 e. The quantitative estimate of drug-likeness (QED) is 0.356. The second kappa shape index (κ2) is 10.4. The average molecular weight is 506 g/mol. The normalized spacial score (nSPS) is 16.2. The highest BCUT2D eigenvalue weighted by molar-refractivity contribution is 14.1. The van der Waals surface area contributed by atoms with Gasteiger partial charge in [-0.1, -0.05) is 36.4 Å². The molecule has 2 aromatic carbocycles. The molecule has 1 unspecified atom stereocenters. The number of rotatable bonds is 7. The molecule has 1 fully saturated rings. The number of nitrogens with one attached hydrogen (secondary N) is 1. The first kappa shape index (κ1) is 21.3. The standard InChI is InChI=1S/C22H23IN2O4/c23-18-10-4-9-17(14-18)22(28)25-12-11-24-21(27)19(25)15-20(26)29-13-5-8-16-6-2-1-3-7-16/h1-4,6-7,9-10,14,19H,5,8,11-13,15H2,(H,24,27). The van der Waals surface area contributed by atoms with Gasteiger partial charge >= 0.3 is 5.97 Å². The molecule has 0 aromatic heterocycles. The first-order chi connectivity index (χ1) is 14.0. The highest BCUT2D eigenvalue weighted by Gasteiger charge is 2.35. The first-order valence-corrected chi connectivity index (χ1v) is 10.7. The lowest BCUT2D eigenvalue weighted by Gasteiger charge is -2.34. The molecular weight excluding hydrogens is 483 g/mol. The van der Waals surface area contributed by atoms with Crippen LogP contribution in [0.1, 0.15) is 28.8 Å². The van der Waals surface area contributed by atoms with Gasteiger partial charge in [0.2, 0.25) is 5.91 Å². The largest absolute Gasteiger partial charge is 0.466 e. The molecule has 7 heteroatoms. The van der Waals surface area contributed by atoms with Crippen LogP contribution in [0.25, 0.3) is 0 Å². The summed E-state index contributed by atoms with van der Waals surface area (Å²) in [6.07, 6.45) is 1.37. The third kappa shape index (κ3) is 6.03. The number of benzene rings is 2. The lowest BCUT2D eigenvalue weighted by molar-refractivity contribution is -0.147. The first-order valence-electron chi connectivity index (χ1n) is 9.58. The summed E-state index contributed by atoms with van der Waals surface area (Å²) < 4.78 is 6.24. The van der Waals surface area contributed by atoms with Crippen molar-refractivity contribution < 1.29 is 19.1 Å². The number of aryl methyl sites for hydroxylation is 1. The average Bonchev–Trinajstić information content (AvgIpc) is 2.73. The summed E-state index contributed by atoms with van der Waals surface area (Å²) in [6, 6.07) is 16.3. The van der Waals surface area contributed by atoms with Gasteiger partial charge in [0.15, 0.2) is 0 Å². The Kier molecular flexibility index (Phi) is 7.62. The molecular formula is C22H23IN2O4. The van der Waals surface area contributed by atoms with Crippen LogP contribution >= 0.6 is 22.6 Å². The third-order valence-corrected chi connectivity index (χ3v) is 5.41. The van der Waals surface area contributed by atoms with E-state index >= 15 is 0 Å². The monoisotopic (exact) mass is 506 g/mol. The molecule has 1 saturated heterocycles. The molecule has 6 nitrogen and oxygen atoms in total. The van der Waals surface area contributed by atoms with Gasteiger partial charge < -0.3 is 15.0 Å². The number of piperazine rings is 1. The number of amides is 2. The van der Waals surface area contributed by atoms with Crippen molar-refractivity contribution in [1.29, 1.82) is 0 Å². The molecule has 1 N–H and O–H groups in total. The van der Waals surface area contributed by atoms with Gasteiger partial charge in [0, 0.05) is 22.2 Å². The van der Waals surface area contributed by atoms with E-state index in [9.17, 15) is 14.4 Å². The van der Waals surface area contributed by atoms with Crippen LogP contribution in [-0.4, -0.2) is 48.4 Å². The van der Waals surface area contributed by atoms with Crippen LogP contribution in [-0.2, 0) is 20.7 Å². The van der Waals surface area contributed by atoms with Gasteiger partial charge in [-0.2, -0.15) is 0 Å². The fraction of sp³-hybridized carbons (Fsp3) is 0.318. The number of halogens is 1. The lowest BCUT2D eigenvalue weighted by Crippen LogP contribution is -2.57. The molecule has 0 spiro atoms. The van der Waals surface area contributed by atoms with Gasteiger partial charge in [0.1, 0.15) is 6.04 Å². The van der Waals surface area contributed by atoms with Crippen LogP contribution in [0.3, 0.4) is 0 Å². The van der Waals surface area contributed by atoms with Gasteiger partial charge in [-0.3, -0.25) is 14.4 Å². The van der Waals surface area contributed by atoms with Crippen LogP contribution in [0, 0.1) is 3.57 Å². The Labute approximate surface area is 183 Å². The topological polar surface area (TPSA) is 75.7 Å². The molecule has 0 bridgehead atoms. The summed E-state index contributed by atoms with van der Waals surface area (Å²) in [4.78, 5) is 39.0. The summed E-state index contributed by atoms with van der Waals surface area (Å²) in [5.74, 6) is -1.04.